The van der Waals surface area contributed by atoms with Crippen LogP contribution in [-0.4, -0.2) is 61.9 Å². The zero-order valence-corrected chi connectivity index (χ0v) is 12.2. The lowest BCUT2D eigenvalue weighted by Crippen LogP contribution is -2.37. The SMILES string of the molecule is COCCN(CC(=O)O)C(=O)CCCC1CCOCC1. The summed E-state index contributed by atoms with van der Waals surface area (Å²) in [6.45, 7) is 2.08. The van der Waals surface area contributed by atoms with Gasteiger partial charge in [0.1, 0.15) is 6.54 Å². The van der Waals surface area contributed by atoms with E-state index in [9.17, 15) is 9.59 Å². The second-order valence-corrected chi connectivity index (χ2v) is 5.15. The first-order valence-electron chi connectivity index (χ1n) is 7.19. The van der Waals surface area contributed by atoms with Crippen molar-refractivity contribution in [2.24, 2.45) is 5.92 Å². The molecule has 1 fully saturated rings. The highest BCUT2D eigenvalue weighted by Crippen LogP contribution is 2.20. The standard InChI is InChI=1S/C14H25NO5/c1-19-10-7-15(11-14(17)18)13(16)4-2-3-12-5-8-20-9-6-12/h12H,2-11H2,1H3,(H,17,18). The Labute approximate surface area is 120 Å². The third-order valence-electron chi connectivity index (χ3n) is 3.59. The summed E-state index contributed by atoms with van der Waals surface area (Å²) >= 11 is 0. The van der Waals surface area contributed by atoms with Crippen LogP contribution in [0.5, 0.6) is 0 Å². The highest BCUT2D eigenvalue weighted by molar-refractivity contribution is 5.81. The molecule has 0 aliphatic carbocycles. The average molecular weight is 287 g/mol. The Bertz CT molecular complexity index is 302. The van der Waals surface area contributed by atoms with E-state index in [0.29, 0.717) is 25.5 Å². The first-order chi connectivity index (χ1) is 9.63. The summed E-state index contributed by atoms with van der Waals surface area (Å²) in [6.07, 6.45) is 4.37. The van der Waals surface area contributed by atoms with Gasteiger partial charge in [0.25, 0.3) is 0 Å². The van der Waals surface area contributed by atoms with Crippen LogP contribution in [0, 0.1) is 5.92 Å². The van der Waals surface area contributed by atoms with Crippen LogP contribution in [0.25, 0.3) is 0 Å². The van der Waals surface area contributed by atoms with Crippen molar-refractivity contribution in [1.82, 2.24) is 4.90 Å². The van der Waals surface area contributed by atoms with E-state index in [1.165, 1.54) is 12.0 Å². The monoisotopic (exact) mass is 287 g/mol. The van der Waals surface area contributed by atoms with Crippen molar-refractivity contribution in [2.75, 3.05) is 40.0 Å². The molecule has 0 aromatic rings. The lowest BCUT2D eigenvalue weighted by molar-refractivity contribution is -0.145. The van der Waals surface area contributed by atoms with Crippen molar-refractivity contribution >= 4 is 11.9 Å². The summed E-state index contributed by atoms with van der Waals surface area (Å²) in [6, 6.07) is 0. The topological polar surface area (TPSA) is 76.1 Å². The van der Waals surface area contributed by atoms with Crippen LogP contribution in [0.3, 0.4) is 0 Å². The van der Waals surface area contributed by atoms with Gasteiger partial charge in [-0.05, 0) is 31.6 Å². The number of carbonyl (C=O) groups excluding carboxylic acids is 1. The first kappa shape index (κ1) is 16.9. The lowest BCUT2D eigenvalue weighted by Gasteiger charge is -2.23. The van der Waals surface area contributed by atoms with E-state index in [1.54, 1.807) is 0 Å². The molecule has 6 nitrogen and oxygen atoms in total. The van der Waals surface area contributed by atoms with Gasteiger partial charge in [0.05, 0.1) is 6.61 Å². The Morgan fingerprint density at radius 3 is 2.65 bits per heavy atom. The molecule has 1 saturated heterocycles. The fourth-order valence-corrected chi connectivity index (χ4v) is 2.39. The molecule has 1 amide bonds. The molecule has 0 unspecified atom stereocenters. The zero-order chi connectivity index (χ0) is 14.8. The second kappa shape index (κ2) is 9.72. The average Bonchev–Trinajstić information content (AvgIpc) is 2.44. The van der Waals surface area contributed by atoms with Gasteiger partial charge >= 0.3 is 5.97 Å². The van der Waals surface area contributed by atoms with Gasteiger partial charge in [0.2, 0.25) is 5.91 Å². The number of hydrogen-bond donors (Lipinski definition) is 1. The minimum atomic E-state index is -0.987. The minimum absolute atomic E-state index is 0.100. The molecular formula is C14H25NO5. The molecule has 1 rings (SSSR count). The maximum absolute atomic E-state index is 12.0. The number of amides is 1. The normalized spacial score (nSPS) is 16.1. The molecule has 0 aromatic carbocycles. The van der Waals surface area contributed by atoms with Gasteiger partial charge in [-0.1, -0.05) is 0 Å². The number of rotatable bonds is 9. The fraction of sp³-hybridized carbons (Fsp3) is 0.857. The maximum Gasteiger partial charge on any atom is 0.323 e. The van der Waals surface area contributed by atoms with Gasteiger partial charge in [-0.15, -0.1) is 0 Å². The van der Waals surface area contributed by atoms with Crippen LogP contribution >= 0.6 is 0 Å². The van der Waals surface area contributed by atoms with Crippen molar-refractivity contribution in [3.63, 3.8) is 0 Å². The number of carboxylic acid groups (broad SMARTS) is 1. The predicted molar refractivity (Wildman–Crippen MR) is 73.5 cm³/mol. The van der Waals surface area contributed by atoms with Crippen LogP contribution in [-0.2, 0) is 19.1 Å². The molecule has 1 N–H and O–H groups in total. The highest BCUT2D eigenvalue weighted by Gasteiger charge is 2.18. The fourth-order valence-electron chi connectivity index (χ4n) is 2.39. The van der Waals surface area contributed by atoms with Crippen LogP contribution in [0.4, 0.5) is 0 Å². The maximum atomic E-state index is 12.0. The minimum Gasteiger partial charge on any atom is -0.480 e. The number of hydrogen-bond acceptors (Lipinski definition) is 4. The zero-order valence-electron chi connectivity index (χ0n) is 12.2. The third kappa shape index (κ3) is 6.86. The molecule has 1 aliphatic rings. The van der Waals surface area contributed by atoms with Gasteiger partial charge in [0, 0.05) is 33.3 Å². The molecule has 6 heteroatoms. The van der Waals surface area contributed by atoms with Crippen molar-refractivity contribution in [2.45, 2.75) is 32.1 Å². The molecule has 0 saturated carbocycles. The molecule has 0 radical (unpaired) electrons. The van der Waals surface area contributed by atoms with E-state index in [2.05, 4.69) is 0 Å². The van der Waals surface area contributed by atoms with Crippen molar-refractivity contribution in [1.29, 1.82) is 0 Å². The quantitative estimate of drug-likeness (QED) is 0.688. The van der Waals surface area contributed by atoms with Crippen LogP contribution in [0.2, 0.25) is 0 Å². The number of carbonyl (C=O) groups is 2. The number of carboxylic acids is 1. The third-order valence-corrected chi connectivity index (χ3v) is 3.59. The number of methoxy groups -OCH3 is 1. The molecule has 116 valence electrons. The molecule has 0 atom stereocenters. The van der Waals surface area contributed by atoms with Gasteiger partial charge in [-0.2, -0.15) is 0 Å². The molecule has 1 heterocycles. The molecule has 0 aromatic heterocycles. The Morgan fingerprint density at radius 2 is 2.05 bits per heavy atom. The van der Waals surface area contributed by atoms with Crippen LogP contribution in [0.15, 0.2) is 0 Å². The van der Waals surface area contributed by atoms with Crippen molar-refractivity contribution < 1.29 is 24.2 Å². The van der Waals surface area contributed by atoms with E-state index >= 15 is 0 Å². The van der Waals surface area contributed by atoms with Gasteiger partial charge in [-0.3, -0.25) is 9.59 Å². The number of aliphatic carboxylic acids is 1. The van der Waals surface area contributed by atoms with Crippen LogP contribution in [0.1, 0.15) is 32.1 Å². The highest BCUT2D eigenvalue weighted by atomic mass is 16.5. The lowest BCUT2D eigenvalue weighted by atomic mass is 9.94. The Kier molecular flexibility index (Phi) is 8.22. The summed E-state index contributed by atoms with van der Waals surface area (Å²) in [7, 11) is 1.54. The van der Waals surface area contributed by atoms with Gasteiger partial charge in [0.15, 0.2) is 0 Å². The molecule has 0 spiro atoms. The van der Waals surface area contributed by atoms with E-state index < -0.39 is 5.97 Å². The molecule has 1 aliphatic heterocycles. The number of ether oxygens (including phenoxy) is 2. The first-order valence-corrected chi connectivity index (χ1v) is 7.19. The Morgan fingerprint density at radius 1 is 1.35 bits per heavy atom. The largest absolute Gasteiger partial charge is 0.480 e. The second-order valence-electron chi connectivity index (χ2n) is 5.15. The van der Waals surface area contributed by atoms with Crippen molar-refractivity contribution in [3.05, 3.63) is 0 Å². The van der Waals surface area contributed by atoms with Crippen LogP contribution < -0.4 is 0 Å². The van der Waals surface area contributed by atoms with Crippen molar-refractivity contribution in [3.8, 4) is 0 Å². The summed E-state index contributed by atoms with van der Waals surface area (Å²) in [5.41, 5.74) is 0. The van der Waals surface area contributed by atoms with E-state index in [1.807, 2.05) is 0 Å². The summed E-state index contributed by atoms with van der Waals surface area (Å²) < 4.78 is 10.2. The smallest absolute Gasteiger partial charge is 0.323 e. The van der Waals surface area contributed by atoms with Gasteiger partial charge in [-0.25, -0.2) is 0 Å². The van der Waals surface area contributed by atoms with E-state index in [4.69, 9.17) is 14.6 Å². The predicted octanol–water partition coefficient (Wildman–Crippen LogP) is 1.14. The van der Waals surface area contributed by atoms with E-state index in [-0.39, 0.29) is 12.5 Å². The number of nitrogens with zero attached hydrogens (tertiary/aromatic N) is 1. The molecule has 0 bridgehead atoms. The Balaban J connectivity index is 2.26. The van der Waals surface area contributed by atoms with Gasteiger partial charge < -0.3 is 19.5 Å². The Hall–Kier alpha value is -1.14. The summed E-state index contributed by atoms with van der Waals surface area (Å²) in [5.74, 6) is -0.446. The summed E-state index contributed by atoms with van der Waals surface area (Å²) in [4.78, 5) is 24.1. The summed E-state index contributed by atoms with van der Waals surface area (Å²) in [5, 5.41) is 8.81. The van der Waals surface area contributed by atoms with E-state index in [0.717, 1.165) is 38.9 Å². The molecular weight excluding hydrogens is 262 g/mol. The molecule has 20 heavy (non-hydrogen) atoms.